The summed E-state index contributed by atoms with van der Waals surface area (Å²) in [5.74, 6) is 0. The fourth-order valence-electron chi connectivity index (χ4n) is 0. The minimum absolute atomic E-state index is 0.750. The van der Waals surface area contributed by atoms with Crippen molar-refractivity contribution in [2.45, 2.75) is 0 Å². The van der Waals surface area contributed by atoms with Crippen LogP contribution < -0.4 is 0 Å². The Balaban J connectivity index is 0. The van der Waals surface area contributed by atoms with Gasteiger partial charge in [0.05, 0.1) is 0 Å². The van der Waals surface area contributed by atoms with Gasteiger partial charge in [-0.2, -0.15) is 8.78 Å². The topological polar surface area (TPSA) is 17.1 Å². The Kier molecular flexibility index (Phi) is 6.54. The summed E-state index contributed by atoms with van der Waals surface area (Å²) in [7, 11) is -6.14. The highest BCUT2D eigenvalue weighted by Gasteiger charge is 2.13. The normalized spacial score (nSPS) is 9.40. The largest absolute Gasteiger partial charge is 0.591 e. The fourth-order valence-corrected chi connectivity index (χ4v) is 0. The maximum absolute atomic E-state index is 10.2. The number of hydrogen-bond acceptors (Lipinski definition) is 1. The Bertz CT molecular complexity index is 136. The third kappa shape index (κ3) is 135. The minimum Gasteiger partial charge on any atom is -0.215 e. The van der Waals surface area contributed by atoms with E-state index >= 15 is 0 Å². The first kappa shape index (κ1) is 12.2. The molecule has 0 spiro atoms. The average Bonchev–Trinajstić information content (AvgIpc) is 1.61. The van der Waals surface area contributed by atoms with Gasteiger partial charge >= 0.3 is 8.07 Å². The lowest BCUT2D eigenvalue weighted by Gasteiger charge is -1.68. The molecule has 0 aromatic heterocycles. The van der Waals surface area contributed by atoms with Gasteiger partial charge in [0.25, 0.3) is 6.08 Å². The van der Waals surface area contributed by atoms with Crippen LogP contribution in [-0.2, 0) is 4.57 Å². The van der Waals surface area contributed by atoms with E-state index in [1.807, 2.05) is 0 Å². The molecule has 0 aromatic rings. The van der Waals surface area contributed by atoms with Crippen molar-refractivity contribution in [3.63, 3.8) is 0 Å². The molecule has 0 N–H and O–H groups in total. The molecule has 0 saturated carbocycles. The average molecular weight is 186 g/mol. The van der Waals surface area contributed by atoms with Crippen LogP contribution >= 0.6 is 8.07 Å². The molecule has 0 rings (SSSR count). The summed E-state index contributed by atoms with van der Waals surface area (Å²) in [6.07, 6.45) is -3.04. The Labute approximate surface area is 52.1 Å². The molecule has 0 radical (unpaired) electrons. The predicted octanol–water partition coefficient (Wildman–Crippen LogP) is 3.70. The lowest BCUT2D eigenvalue weighted by atomic mass is 11.1. The van der Waals surface area contributed by atoms with Crippen molar-refractivity contribution in [3.8, 4) is 0 Å². The smallest absolute Gasteiger partial charge is 0.215 e. The van der Waals surface area contributed by atoms with Crippen molar-refractivity contribution in [3.05, 3.63) is 12.4 Å². The molecule has 1 nitrogen and oxygen atoms in total. The predicted molar refractivity (Wildman–Crippen MR) is 22.3 cm³/mol. The molecule has 0 aliphatic rings. The van der Waals surface area contributed by atoms with E-state index in [1.165, 1.54) is 0 Å². The molecule has 62 valence electrons. The van der Waals surface area contributed by atoms with Crippen molar-refractivity contribution in [1.29, 1.82) is 0 Å². The molecular formula is C2HF6OP. The zero-order valence-corrected chi connectivity index (χ0v) is 5.10. The van der Waals surface area contributed by atoms with E-state index in [2.05, 4.69) is 0 Å². The number of rotatable bonds is 0. The van der Waals surface area contributed by atoms with Gasteiger partial charge in [-0.25, -0.2) is 8.96 Å². The fraction of sp³-hybridized carbons (Fsp3) is 0. The maximum Gasteiger partial charge on any atom is 0.591 e. The third-order valence-electron chi connectivity index (χ3n) is 0.0825. The van der Waals surface area contributed by atoms with Crippen LogP contribution in [0.3, 0.4) is 0 Å². The van der Waals surface area contributed by atoms with Crippen molar-refractivity contribution in [2.24, 2.45) is 0 Å². The van der Waals surface area contributed by atoms with Gasteiger partial charge in [-0.3, -0.25) is 0 Å². The van der Waals surface area contributed by atoms with Crippen molar-refractivity contribution >= 4 is 8.07 Å². The molecule has 0 aliphatic heterocycles. The van der Waals surface area contributed by atoms with Crippen LogP contribution in [0.15, 0.2) is 12.4 Å². The molecule has 10 heavy (non-hydrogen) atoms. The summed E-state index contributed by atoms with van der Waals surface area (Å²) >= 11 is 0. The van der Waals surface area contributed by atoms with Crippen LogP contribution in [0.5, 0.6) is 0 Å². The highest BCUT2D eigenvalue weighted by Crippen LogP contribution is 2.50. The van der Waals surface area contributed by atoms with Gasteiger partial charge in [0.1, 0.15) is 0 Å². The molecule has 0 bridgehead atoms. The summed E-state index contributed by atoms with van der Waals surface area (Å²) in [6, 6.07) is 0. The second-order valence-electron chi connectivity index (χ2n) is 0.797. The third-order valence-corrected chi connectivity index (χ3v) is 0.0825. The summed E-state index contributed by atoms with van der Waals surface area (Å²) in [4.78, 5) is 0. The Morgan fingerprint density at radius 2 is 1.30 bits per heavy atom. The Morgan fingerprint density at radius 1 is 1.20 bits per heavy atom. The quantitative estimate of drug-likeness (QED) is 0.416. The molecule has 0 aromatic carbocycles. The maximum atomic E-state index is 10.2. The molecule has 0 unspecified atom stereocenters. The lowest BCUT2D eigenvalue weighted by Crippen LogP contribution is -1.42. The van der Waals surface area contributed by atoms with E-state index in [-0.39, 0.29) is 0 Å². The van der Waals surface area contributed by atoms with Gasteiger partial charge < -0.3 is 0 Å². The van der Waals surface area contributed by atoms with Gasteiger partial charge in [-0.05, 0) is 0 Å². The minimum atomic E-state index is -6.14. The van der Waals surface area contributed by atoms with Gasteiger partial charge in [0, 0.05) is 0 Å². The van der Waals surface area contributed by atoms with Crippen molar-refractivity contribution < 1.29 is 30.3 Å². The monoisotopic (exact) mass is 186 g/mol. The van der Waals surface area contributed by atoms with Crippen molar-refractivity contribution in [2.75, 3.05) is 0 Å². The van der Waals surface area contributed by atoms with Gasteiger partial charge in [-0.1, -0.05) is 0 Å². The highest BCUT2D eigenvalue weighted by molar-refractivity contribution is 7.47. The first-order chi connectivity index (χ1) is 4.27. The van der Waals surface area contributed by atoms with Crippen LogP contribution in [0.25, 0.3) is 0 Å². The molecule has 0 atom stereocenters. The van der Waals surface area contributed by atoms with Crippen LogP contribution in [0.1, 0.15) is 0 Å². The summed E-state index contributed by atoms with van der Waals surface area (Å²) in [6.45, 7) is 0. The number of halogens is 6. The van der Waals surface area contributed by atoms with E-state index in [1.54, 1.807) is 0 Å². The second kappa shape index (κ2) is 5.34. The Hall–Kier alpha value is -0.450. The second-order valence-corrected chi connectivity index (χ2v) is 1.59. The van der Waals surface area contributed by atoms with Crippen LogP contribution in [0.4, 0.5) is 25.8 Å². The van der Waals surface area contributed by atoms with E-state index < -0.39 is 20.5 Å². The number of hydrogen-bond donors (Lipinski definition) is 0. The van der Waals surface area contributed by atoms with Crippen LogP contribution in [-0.4, -0.2) is 0 Å². The van der Waals surface area contributed by atoms with E-state index in [0.717, 1.165) is 0 Å². The van der Waals surface area contributed by atoms with Gasteiger partial charge in [0.2, 0.25) is 0 Å². The lowest BCUT2D eigenvalue weighted by molar-refractivity contribution is 0.400. The molecule has 0 heterocycles. The zero-order chi connectivity index (χ0) is 8.78. The van der Waals surface area contributed by atoms with Gasteiger partial charge in [0.15, 0.2) is 6.33 Å². The SMILES string of the molecule is FC=C(F)F.O=P(F)(F)F. The molecule has 0 saturated heterocycles. The summed E-state index contributed by atoms with van der Waals surface area (Å²) in [5, 5.41) is 0. The summed E-state index contributed by atoms with van der Waals surface area (Å²) < 4.78 is 68.6. The zero-order valence-electron chi connectivity index (χ0n) is 4.20. The molecule has 0 aliphatic carbocycles. The molecule has 8 heteroatoms. The van der Waals surface area contributed by atoms with Crippen molar-refractivity contribution in [1.82, 2.24) is 0 Å². The van der Waals surface area contributed by atoms with Crippen LogP contribution in [0, 0.1) is 0 Å². The first-order valence-corrected chi connectivity index (χ1v) is 2.95. The molecular weight excluding hydrogens is 185 g/mol. The van der Waals surface area contributed by atoms with E-state index in [4.69, 9.17) is 4.57 Å². The molecule has 0 amide bonds. The van der Waals surface area contributed by atoms with E-state index in [9.17, 15) is 25.8 Å². The molecule has 0 fully saturated rings. The Morgan fingerprint density at radius 3 is 1.30 bits per heavy atom. The first-order valence-electron chi connectivity index (χ1n) is 1.57. The standard InChI is InChI=1S/C2HF3.F3OP/c3-1-2(4)5;1-5(2,3)4/h1H;. The van der Waals surface area contributed by atoms with Gasteiger partial charge in [-0.15, -0.1) is 12.6 Å². The summed E-state index contributed by atoms with van der Waals surface area (Å²) in [5.41, 5.74) is 0. The van der Waals surface area contributed by atoms with E-state index in [0.29, 0.717) is 0 Å². The highest BCUT2D eigenvalue weighted by atomic mass is 31.3. The van der Waals surface area contributed by atoms with Crippen LogP contribution in [0.2, 0.25) is 0 Å².